The van der Waals surface area contributed by atoms with Gasteiger partial charge in [-0.15, -0.1) is 0 Å². The smallest absolute Gasteiger partial charge is 0.410 e. The summed E-state index contributed by atoms with van der Waals surface area (Å²) in [5.74, 6) is 1.01. The summed E-state index contributed by atoms with van der Waals surface area (Å²) in [7, 11) is 1.54. The number of rotatable bonds is 8. The molecule has 0 bridgehead atoms. The number of ether oxygens (including phenoxy) is 2. The van der Waals surface area contributed by atoms with Crippen LogP contribution in [0.5, 0.6) is 5.88 Å². The summed E-state index contributed by atoms with van der Waals surface area (Å²) in [5, 5.41) is 10.1. The van der Waals surface area contributed by atoms with E-state index in [1.807, 2.05) is 51.1 Å². The molecular formula is C30H32N8O4. The molecule has 0 saturated carbocycles. The molecule has 3 N–H and O–H groups in total. The molecule has 0 unspecified atom stereocenters. The third-order valence-electron chi connectivity index (χ3n) is 6.29. The zero-order valence-electron chi connectivity index (χ0n) is 23.8. The van der Waals surface area contributed by atoms with Crippen molar-refractivity contribution in [2.45, 2.75) is 32.4 Å². The van der Waals surface area contributed by atoms with Gasteiger partial charge in [0.25, 0.3) is 0 Å². The van der Waals surface area contributed by atoms with E-state index in [0.717, 1.165) is 10.9 Å². The molecule has 216 valence electrons. The zero-order chi connectivity index (χ0) is 29.9. The molecule has 4 heterocycles. The van der Waals surface area contributed by atoms with E-state index in [4.69, 9.17) is 14.5 Å². The van der Waals surface area contributed by atoms with Crippen LogP contribution < -0.4 is 20.7 Å². The van der Waals surface area contributed by atoms with Gasteiger partial charge in [-0.05, 0) is 51.1 Å². The van der Waals surface area contributed by atoms with E-state index in [2.05, 4.69) is 37.5 Å². The second-order valence-corrected chi connectivity index (χ2v) is 10.7. The van der Waals surface area contributed by atoms with E-state index in [9.17, 15) is 9.59 Å². The van der Waals surface area contributed by atoms with Crippen molar-refractivity contribution in [2.24, 2.45) is 0 Å². The highest BCUT2D eigenvalue weighted by atomic mass is 16.6. The van der Waals surface area contributed by atoms with Crippen LogP contribution in [0.15, 0.2) is 67.5 Å². The van der Waals surface area contributed by atoms with E-state index in [1.54, 1.807) is 29.4 Å². The normalized spacial score (nSPS) is 13.2. The molecule has 4 aromatic rings. The predicted molar refractivity (Wildman–Crippen MR) is 161 cm³/mol. The summed E-state index contributed by atoms with van der Waals surface area (Å²) in [6.45, 7) is 10.1. The molecule has 12 heteroatoms. The van der Waals surface area contributed by atoms with Crippen LogP contribution in [-0.4, -0.2) is 68.7 Å². The Balaban J connectivity index is 1.31. The molecule has 12 nitrogen and oxygen atoms in total. The lowest BCUT2D eigenvalue weighted by Crippen LogP contribution is -2.58. The number of fused-ring (bicyclic) bond motifs is 1. The van der Waals surface area contributed by atoms with Crippen LogP contribution in [0.2, 0.25) is 0 Å². The predicted octanol–water partition coefficient (Wildman–Crippen LogP) is 4.99. The third-order valence-corrected chi connectivity index (χ3v) is 6.29. The second kappa shape index (κ2) is 11.7. The van der Waals surface area contributed by atoms with E-state index < -0.39 is 5.60 Å². The number of pyridine rings is 2. The monoisotopic (exact) mass is 568 g/mol. The number of amides is 2. The third kappa shape index (κ3) is 6.54. The van der Waals surface area contributed by atoms with Gasteiger partial charge in [-0.1, -0.05) is 24.8 Å². The quantitative estimate of drug-likeness (QED) is 0.249. The minimum absolute atomic E-state index is 0.0491. The number of methoxy groups -OCH3 is 1. The van der Waals surface area contributed by atoms with Crippen molar-refractivity contribution in [3.05, 3.63) is 67.5 Å². The molecule has 1 aliphatic heterocycles. The van der Waals surface area contributed by atoms with Gasteiger partial charge in [0, 0.05) is 42.1 Å². The van der Waals surface area contributed by atoms with E-state index in [1.165, 1.54) is 13.2 Å². The van der Waals surface area contributed by atoms with E-state index in [-0.39, 0.29) is 18.0 Å². The standard InChI is InChI=1S/C30H32N8O4/c1-6-25(39)34-19-12-13-31-23(14-19)21-9-7-8-18-15-32-28(37-26(18)21)35-22-10-11-24(36-27(22)41-5)33-20-16-38(17-20)29(40)42-30(2,3)4/h6-15,20H,1,16-17H2,2-5H3,(H,33,36)(H,31,34,39)(H,32,35,37). The number of hydrogen-bond acceptors (Lipinski definition) is 10. The van der Waals surface area contributed by atoms with Gasteiger partial charge < -0.3 is 30.3 Å². The highest BCUT2D eigenvalue weighted by molar-refractivity contribution is 5.99. The highest BCUT2D eigenvalue weighted by Gasteiger charge is 2.34. The highest BCUT2D eigenvalue weighted by Crippen LogP contribution is 2.31. The van der Waals surface area contributed by atoms with Crippen LogP contribution in [0.4, 0.5) is 27.9 Å². The minimum atomic E-state index is -0.532. The average Bonchev–Trinajstić information content (AvgIpc) is 2.94. The van der Waals surface area contributed by atoms with Gasteiger partial charge in [-0.2, -0.15) is 4.98 Å². The number of likely N-dealkylation sites (tertiary alicyclic amines) is 1. The first kappa shape index (κ1) is 28.3. The maximum Gasteiger partial charge on any atom is 0.410 e. The Morgan fingerprint density at radius 1 is 1.10 bits per heavy atom. The number of carbonyl (C=O) groups excluding carboxylic acids is 2. The largest absolute Gasteiger partial charge is 0.479 e. The van der Waals surface area contributed by atoms with Gasteiger partial charge in [-0.3, -0.25) is 9.78 Å². The summed E-state index contributed by atoms with van der Waals surface area (Å²) < 4.78 is 10.9. The van der Waals surface area contributed by atoms with Crippen LogP contribution in [0.3, 0.4) is 0 Å². The number of carbonyl (C=O) groups is 2. The Morgan fingerprint density at radius 2 is 1.90 bits per heavy atom. The van der Waals surface area contributed by atoms with Crippen LogP contribution in [0.1, 0.15) is 20.8 Å². The number of aromatic nitrogens is 4. The van der Waals surface area contributed by atoms with Gasteiger partial charge in [0.05, 0.1) is 24.4 Å². The number of nitrogens with one attached hydrogen (secondary N) is 3. The molecule has 0 atom stereocenters. The van der Waals surface area contributed by atoms with Crippen molar-refractivity contribution in [3.63, 3.8) is 0 Å². The molecule has 3 aromatic heterocycles. The number of hydrogen-bond donors (Lipinski definition) is 3. The first-order valence-electron chi connectivity index (χ1n) is 13.3. The fourth-order valence-corrected chi connectivity index (χ4v) is 4.32. The molecule has 1 fully saturated rings. The molecule has 5 rings (SSSR count). The van der Waals surface area contributed by atoms with Crippen LogP contribution in [0, 0.1) is 0 Å². The summed E-state index contributed by atoms with van der Waals surface area (Å²) in [6.07, 6.45) is 4.23. The van der Waals surface area contributed by atoms with Gasteiger partial charge in [-0.25, -0.2) is 14.8 Å². The van der Waals surface area contributed by atoms with Crippen LogP contribution in [0.25, 0.3) is 22.2 Å². The van der Waals surface area contributed by atoms with E-state index in [0.29, 0.717) is 53.3 Å². The molecule has 0 aliphatic carbocycles. The molecule has 0 spiro atoms. The lowest BCUT2D eigenvalue weighted by molar-refractivity contribution is -0.111. The minimum Gasteiger partial charge on any atom is -0.479 e. The number of para-hydroxylation sites is 1. The summed E-state index contributed by atoms with van der Waals surface area (Å²) >= 11 is 0. The maximum atomic E-state index is 12.2. The number of nitrogens with zero attached hydrogens (tertiary/aromatic N) is 5. The average molecular weight is 569 g/mol. The van der Waals surface area contributed by atoms with Gasteiger partial charge in [0.15, 0.2) is 0 Å². The fourth-order valence-electron chi connectivity index (χ4n) is 4.32. The summed E-state index contributed by atoms with van der Waals surface area (Å²) in [6, 6.07) is 12.9. The lowest BCUT2D eigenvalue weighted by atomic mass is 10.1. The first-order chi connectivity index (χ1) is 20.1. The Hall–Kier alpha value is -5.26. The zero-order valence-corrected chi connectivity index (χ0v) is 23.8. The van der Waals surface area contributed by atoms with Crippen molar-refractivity contribution < 1.29 is 19.1 Å². The van der Waals surface area contributed by atoms with Gasteiger partial charge >= 0.3 is 6.09 Å². The first-order valence-corrected chi connectivity index (χ1v) is 13.3. The number of benzene rings is 1. The molecule has 1 aromatic carbocycles. The molecular weight excluding hydrogens is 536 g/mol. The molecule has 1 saturated heterocycles. The molecule has 0 radical (unpaired) electrons. The van der Waals surface area contributed by atoms with Crippen LogP contribution in [-0.2, 0) is 9.53 Å². The van der Waals surface area contributed by atoms with Gasteiger partial charge in [0.1, 0.15) is 17.1 Å². The van der Waals surface area contributed by atoms with Crippen molar-refractivity contribution in [1.29, 1.82) is 0 Å². The fraction of sp³-hybridized carbons (Fsp3) is 0.267. The van der Waals surface area contributed by atoms with Crippen LogP contribution >= 0.6 is 0 Å². The molecule has 1 aliphatic rings. The Kier molecular flexibility index (Phi) is 7.87. The lowest BCUT2D eigenvalue weighted by Gasteiger charge is -2.40. The van der Waals surface area contributed by atoms with Crippen molar-refractivity contribution in [3.8, 4) is 17.1 Å². The van der Waals surface area contributed by atoms with Crippen molar-refractivity contribution in [2.75, 3.05) is 36.1 Å². The SMILES string of the molecule is C=CC(=O)Nc1ccnc(-c2cccc3cnc(Nc4ccc(NC5CN(C(=O)OC(C)(C)C)C5)nc4OC)nc23)c1. The van der Waals surface area contributed by atoms with Gasteiger partial charge in [0.2, 0.25) is 17.7 Å². The molecule has 42 heavy (non-hydrogen) atoms. The maximum absolute atomic E-state index is 12.2. The Morgan fingerprint density at radius 3 is 2.64 bits per heavy atom. The Bertz CT molecular complexity index is 1650. The second-order valence-electron chi connectivity index (χ2n) is 10.7. The summed E-state index contributed by atoms with van der Waals surface area (Å²) in [5.41, 5.74) is 2.74. The van der Waals surface area contributed by atoms with E-state index >= 15 is 0 Å². The topological polar surface area (TPSA) is 143 Å². The molecule has 2 amide bonds. The Labute approximate surface area is 243 Å². The summed E-state index contributed by atoms with van der Waals surface area (Å²) in [4.78, 5) is 43.9. The van der Waals surface area contributed by atoms with Crippen molar-refractivity contribution >= 4 is 46.0 Å². The van der Waals surface area contributed by atoms with Crippen molar-refractivity contribution in [1.82, 2.24) is 24.8 Å². The number of anilines is 4.